The SMILES string of the molecule is COC(=O)C1C(=O)Oc2ccc3ccccc3c2C1C1CCOC1=O. The fraction of sp³-hybridized carbons (Fsp3) is 0.316. The molecule has 0 aromatic heterocycles. The Balaban J connectivity index is 1.98. The van der Waals surface area contributed by atoms with Crippen LogP contribution in [0.5, 0.6) is 5.75 Å². The number of rotatable bonds is 2. The molecule has 0 amide bonds. The number of methoxy groups -OCH3 is 1. The van der Waals surface area contributed by atoms with E-state index in [0.29, 0.717) is 17.7 Å². The zero-order valence-electron chi connectivity index (χ0n) is 13.6. The van der Waals surface area contributed by atoms with E-state index in [1.807, 2.05) is 30.3 Å². The molecule has 3 atom stereocenters. The minimum absolute atomic E-state index is 0.281. The molecule has 2 aliphatic heterocycles. The number of cyclic esters (lactones) is 1. The van der Waals surface area contributed by atoms with E-state index in [2.05, 4.69) is 0 Å². The van der Waals surface area contributed by atoms with E-state index in [1.54, 1.807) is 6.07 Å². The van der Waals surface area contributed by atoms with E-state index in [1.165, 1.54) is 7.11 Å². The zero-order valence-corrected chi connectivity index (χ0v) is 13.6. The first-order chi connectivity index (χ1) is 12.1. The molecule has 2 aromatic rings. The normalized spacial score (nSPS) is 25.2. The average molecular weight is 340 g/mol. The highest BCUT2D eigenvalue weighted by atomic mass is 16.6. The van der Waals surface area contributed by atoms with Crippen LogP contribution in [0.1, 0.15) is 17.9 Å². The highest BCUT2D eigenvalue weighted by Gasteiger charge is 2.51. The molecule has 25 heavy (non-hydrogen) atoms. The Morgan fingerprint density at radius 1 is 1.12 bits per heavy atom. The number of hydrogen-bond acceptors (Lipinski definition) is 6. The largest absolute Gasteiger partial charge is 0.468 e. The molecular weight excluding hydrogens is 324 g/mol. The second-order valence-corrected chi connectivity index (χ2v) is 6.21. The summed E-state index contributed by atoms with van der Waals surface area (Å²) in [5, 5.41) is 1.80. The van der Waals surface area contributed by atoms with Crippen LogP contribution in [-0.2, 0) is 23.9 Å². The van der Waals surface area contributed by atoms with Crippen molar-refractivity contribution in [2.75, 3.05) is 13.7 Å². The van der Waals surface area contributed by atoms with Crippen molar-refractivity contribution in [3.8, 4) is 5.75 Å². The van der Waals surface area contributed by atoms with Crippen LogP contribution < -0.4 is 4.74 Å². The van der Waals surface area contributed by atoms with E-state index in [0.717, 1.165) is 10.8 Å². The Morgan fingerprint density at radius 2 is 1.92 bits per heavy atom. The van der Waals surface area contributed by atoms with Crippen molar-refractivity contribution < 1.29 is 28.6 Å². The van der Waals surface area contributed by atoms with Gasteiger partial charge in [0.15, 0.2) is 5.92 Å². The molecule has 6 heteroatoms. The lowest BCUT2D eigenvalue weighted by Gasteiger charge is -2.33. The molecule has 128 valence electrons. The molecule has 2 aliphatic rings. The van der Waals surface area contributed by atoms with Gasteiger partial charge in [-0.25, -0.2) is 0 Å². The quantitative estimate of drug-likeness (QED) is 0.474. The van der Waals surface area contributed by atoms with Crippen LogP contribution in [0.4, 0.5) is 0 Å². The molecule has 1 saturated heterocycles. The third-order valence-corrected chi connectivity index (χ3v) is 4.95. The molecule has 6 nitrogen and oxygen atoms in total. The van der Waals surface area contributed by atoms with Crippen molar-refractivity contribution in [3.05, 3.63) is 42.0 Å². The predicted octanol–water partition coefficient (Wildman–Crippen LogP) is 2.19. The van der Waals surface area contributed by atoms with Crippen LogP contribution in [0.15, 0.2) is 36.4 Å². The molecule has 0 N–H and O–H groups in total. The van der Waals surface area contributed by atoms with Gasteiger partial charge in [0, 0.05) is 11.5 Å². The highest BCUT2D eigenvalue weighted by molar-refractivity contribution is 6.02. The second-order valence-electron chi connectivity index (χ2n) is 6.21. The maximum Gasteiger partial charge on any atom is 0.326 e. The molecule has 0 aliphatic carbocycles. The third kappa shape index (κ3) is 2.36. The number of carbonyl (C=O) groups excluding carboxylic acids is 3. The molecule has 0 bridgehead atoms. The average Bonchev–Trinajstić information content (AvgIpc) is 3.05. The van der Waals surface area contributed by atoms with Crippen LogP contribution in [0.25, 0.3) is 10.8 Å². The Bertz CT molecular complexity index is 887. The minimum atomic E-state index is -1.18. The maximum absolute atomic E-state index is 12.5. The third-order valence-electron chi connectivity index (χ3n) is 4.95. The number of benzene rings is 2. The summed E-state index contributed by atoms with van der Waals surface area (Å²) >= 11 is 0. The smallest absolute Gasteiger partial charge is 0.326 e. The van der Waals surface area contributed by atoms with Crippen molar-refractivity contribution in [1.29, 1.82) is 0 Å². The Morgan fingerprint density at radius 3 is 2.64 bits per heavy atom. The number of esters is 3. The van der Waals surface area contributed by atoms with Crippen LogP contribution >= 0.6 is 0 Å². The lowest BCUT2D eigenvalue weighted by Crippen LogP contribution is -2.42. The summed E-state index contributed by atoms with van der Waals surface area (Å²) in [6.07, 6.45) is 0.451. The number of fused-ring (bicyclic) bond motifs is 3. The highest BCUT2D eigenvalue weighted by Crippen LogP contribution is 2.48. The van der Waals surface area contributed by atoms with Gasteiger partial charge >= 0.3 is 17.9 Å². The van der Waals surface area contributed by atoms with Crippen molar-refractivity contribution in [2.24, 2.45) is 11.8 Å². The van der Waals surface area contributed by atoms with Crippen molar-refractivity contribution in [3.63, 3.8) is 0 Å². The molecule has 4 rings (SSSR count). The number of hydrogen-bond donors (Lipinski definition) is 0. The van der Waals surface area contributed by atoms with E-state index in [-0.39, 0.29) is 6.61 Å². The van der Waals surface area contributed by atoms with Gasteiger partial charge in [0.05, 0.1) is 19.6 Å². The van der Waals surface area contributed by atoms with E-state index >= 15 is 0 Å². The zero-order chi connectivity index (χ0) is 17.6. The summed E-state index contributed by atoms with van der Waals surface area (Å²) in [4.78, 5) is 37.1. The first kappa shape index (κ1) is 15.6. The van der Waals surface area contributed by atoms with Crippen LogP contribution in [0.2, 0.25) is 0 Å². The minimum Gasteiger partial charge on any atom is -0.468 e. The summed E-state index contributed by atoms with van der Waals surface area (Å²) in [5.41, 5.74) is 0.692. The van der Waals surface area contributed by atoms with Crippen molar-refractivity contribution >= 4 is 28.7 Å². The molecule has 1 fully saturated rings. The monoisotopic (exact) mass is 340 g/mol. The van der Waals surface area contributed by atoms with Crippen LogP contribution in [-0.4, -0.2) is 31.6 Å². The van der Waals surface area contributed by atoms with Gasteiger partial charge in [0.25, 0.3) is 0 Å². The van der Waals surface area contributed by atoms with Gasteiger partial charge in [-0.15, -0.1) is 0 Å². The number of ether oxygens (including phenoxy) is 3. The second kappa shape index (κ2) is 5.88. The summed E-state index contributed by atoms with van der Waals surface area (Å²) in [6, 6.07) is 11.2. The fourth-order valence-electron chi connectivity index (χ4n) is 3.83. The molecule has 2 heterocycles. The lowest BCUT2D eigenvalue weighted by atomic mass is 9.73. The van der Waals surface area contributed by atoms with E-state index in [9.17, 15) is 14.4 Å². The molecule has 0 radical (unpaired) electrons. The van der Waals surface area contributed by atoms with E-state index in [4.69, 9.17) is 14.2 Å². The fourth-order valence-corrected chi connectivity index (χ4v) is 3.83. The predicted molar refractivity (Wildman–Crippen MR) is 86.9 cm³/mol. The standard InChI is InChI=1S/C19H16O6/c1-23-18(21)16-15(12-8-9-24-17(12)20)14-11-5-3-2-4-10(11)6-7-13(14)25-19(16)22/h2-7,12,15-16H,8-9H2,1H3. The maximum atomic E-state index is 12.5. The van der Waals surface area contributed by atoms with Crippen molar-refractivity contribution in [1.82, 2.24) is 0 Å². The first-order valence-electron chi connectivity index (χ1n) is 8.09. The summed E-state index contributed by atoms with van der Waals surface area (Å²) in [6.45, 7) is 0.281. The summed E-state index contributed by atoms with van der Waals surface area (Å²) in [5.74, 6) is -3.83. The first-order valence-corrected chi connectivity index (χ1v) is 8.09. The Kier molecular flexibility index (Phi) is 3.67. The van der Waals surface area contributed by atoms with E-state index < -0.39 is 35.7 Å². The van der Waals surface area contributed by atoms with Crippen molar-refractivity contribution in [2.45, 2.75) is 12.3 Å². The number of carbonyl (C=O) groups is 3. The molecule has 2 aromatic carbocycles. The van der Waals surface area contributed by atoms with Gasteiger partial charge in [-0.2, -0.15) is 0 Å². The summed E-state index contributed by atoms with van der Waals surface area (Å²) < 4.78 is 15.3. The van der Waals surface area contributed by atoms with Gasteiger partial charge in [-0.05, 0) is 23.3 Å². The van der Waals surface area contributed by atoms with Gasteiger partial charge < -0.3 is 14.2 Å². The van der Waals surface area contributed by atoms with Gasteiger partial charge in [-0.1, -0.05) is 30.3 Å². The summed E-state index contributed by atoms with van der Waals surface area (Å²) in [7, 11) is 1.22. The Hall–Kier alpha value is -2.89. The molecule has 0 saturated carbocycles. The van der Waals surface area contributed by atoms with Gasteiger partial charge in [-0.3, -0.25) is 14.4 Å². The van der Waals surface area contributed by atoms with Gasteiger partial charge in [0.2, 0.25) is 0 Å². The molecule has 0 spiro atoms. The topological polar surface area (TPSA) is 78.9 Å². The van der Waals surface area contributed by atoms with Gasteiger partial charge in [0.1, 0.15) is 5.75 Å². The Labute approximate surface area is 143 Å². The van der Waals surface area contributed by atoms with Crippen LogP contribution in [0, 0.1) is 11.8 Å². The molecular formula is C19H16O6. The molecule has 3 unspecified atom stereocenters. The lowest BCUT2D eigenvalue weighted by molar-refractivity contribution is -0.159. The van der Waals surface area contributed by atoms with Crippen LogP contribution in [0.3, 0.4) is 0 Å².